The molecule has 1 amide bonds. The fourth-order valence-electron chi connectivity index (χ4n) is 3.64. The maximum atomic E-state index is 13.3. The van der Waals surface area contributed by atoms with Gasteiger partial charge in [0.1, 0.15) is 22.6 Å². The molecular weight excluding hydrogens is 424 g/mol. The third-order valence-corrected chi connectivity index (χ3v) is 6.92. The van der Waals surface area contributed by atoms with E-state index < -0.39 is 45.7 Å². The summed E-state index contributed by atoms with van der Waals surface area (Å²) in [6.45, 7) is 0. The molecular formula is C23H19F2NO4S. The van der Waals surface area contributed by atoms with Crippen LogP contribution < -0.4 is 4.90 Å². The molecule has 1 saturated heterocycles. The molecule has 0 spiro atoms. The summed E-state index contributed by atoms with van der Waals surface area (Å²) in [7, 11) is -1.75. The van der Waals surface area contributed by atoms with E-state index in [0.717, 1.165) is 0 Å². The van der Waals surface area contributed by atoms with Gasteiger partial charge in [-0.05, 0) is 59.7 Å². The number of halogens is 2. The highest BCUT2D eigenvalue weighted by molar-refractivity contribution is 7.86. The second kappa shape index (κ2) is 8.56. The first-order valence-electron chi connectivity index (χ1n) is 9.53. The SMILES string of the molecule is O=C1C([S@](=O)C[C@@H](O)c2ccc(F)cc2)C(c2ccc(O)cc2)N1c1ccc(F)cc1. The van der Waals surface area contributed by atoms with Crippen LogP contribution in [0.4, 0.5) is 14.5 Å². The second-order valence-electron chi connectivity index (χ2n) is 7.26. The van der Waals surface area contributed by atoms with Crippen LogP contribution in [0, 0.1) is 11.6 Å². The summed E-state index contributed by atoms with van der Waals surface area (Å²) in [6, 6.07) is 16.2. The van der Waals surface area contributed by atoms with E-state index in [-0.39, 0.29) is 11.5 Å². The predicted molar refractivity (Wildman–Crippen MR) is 113 cm³/mol. The number of carbonyl (C=O) groups is 1. The number of hydrogen-bond acceptors (Lipinski definition) is 4. The van der Waals surface area contributed by atoms with Gasteiger partial charge in [-0.25, -0.2) is 8.78 Å². The number of amides is 1. The molecule has 4 atom stereocenters. The van der Waals surface area contributed by atoms with Crippen molar-refractivity contribution in [2.45, 2.75) is 17.4 Å². The van der Waals surface area contributed by atoms with Crippen molar-refractivity contribution in [2.24, 2.45) is 0 Å². The van der Waals surface area contributed by atoms with Gasteiger partial charge in [-0.2, -0.15) is 0 Å². The Balaban J connectivity index is 1.61. The van der Waals surface area contributed by atoms with E-state index in [1.54, 1.807) is 12.1 Å². The molecule has 3 aromatic rings. The third kappa shape index (κ3) is 4.22. The topological polar surface area (TPSA) is 77.8 Å². The van der Waals surface area contributed by atoms with Crippen LogP contribution >= 0.6 is 0 Å². The summed E-state index contributed by atoms with van der Waals surface area (Å²) >= 11 is 0. The molecule has 3 aromatic carbocycles. The van der Waals surface area contributed by atoms with Gasteiger partial charge >= 0.3 is 0 Å². The normalized spacial score (nSPS) is 20.2. The van der Waals surface area contributed by atoms with Gasteiger partial charge in [0.15, 0.2) is 0 Å². The minimum atomic E-state index is -1.75. The Labute approximate surface area is 180 Å². The molecule has 1 aliphatic rings. The zero-order valence-electron chi connectivity index (χ0n) is 16.2. The van der Waals surface area contributed by atoms with Gasteiger partial charge in [0.05, 0.1) is 17.9 Å². The number of anilines is 1. The molecule has 1 fully saturated rings. The standard InChI is InChI=1S/C23H19F2NO4S/c24-16-5-1-14(2-6-16)20(28)13-31(30)22-21(15-3-11-19(27)12-4-15)26(23(22)29)18-9-7-17(25)8-10-18/h1-12,20-22,27-28H,13H2/t20-,21?,22?,31-/m1/s1. The highest BCUT2D eigenvalue weighted by atomic mass is 32.2. The van der Waals surface area contributed by atoms with Gasteiger partial charge < -0.3 is 15.1 Å². The third-order valence-electron chi connectivity index (χ3n) is 5.25. The number of rotatable bonds is 6. The van der Waals surface area contributed by atoms with Crippen LogP contribution in [0.15, 0.2) is 72.8 Å². The lowest BCUT2D eigenvalue weighted by molar-refractivity contribution is -0.123. The number of phenols is 1. The molecule has 31 heavy (non-hydrogen) atoms. The highest BCUT2D eigenvalue weighted by Gasteiger charge is 2.52. The average molecular weight is 443 g/mol. The molecule has 0 bridgehead atoms. The fourth-order valence-corrected chi connectivity index (χ4v) is 5.26. The number of carbonyl (C=O) groups excluding carboxylic acids is 1. The van der Waals surface area contributed by atoms with E-state index in [1.165, 1.54) is 65.6 Å². The number of phenolic OH excluding ortho intramolecular Hbond substituents is 1. The number of β-lactam (4-membered cyclic amide) rings is 1. The van der Waals surface area contributed by atoms with Gasteiger partial charge in [0.25, 0.3) is 0 Å². The Bertz CT molecular complexity index is 1100. The van der Waals surface area contributed by atoms with Crippen molar-refractivity contribution in [3.05, 3.63) is 95.6 Å². The van der Waals surface area contributed by atoms with Gasteiger partial charge in [0, 0.05) is 16.5 Å². The zero-order chi connectivity index (χ0) is 22.1. The fraction of sp³-hybridized carbons (Fsp3) is 0.174. The number of nitrogens with zero attached hydrogens (tertiary/aromatic N) is 1. The van der Waals surface area contributed by atoms with Crippen LogP contribution in [0.3, 0.4) is 0 Å². The van der Waals surface area contributed by atoms with Gasteiger partial charge in [-0.15, -0.1) is 0 Å². The molecule has 2 unspecified atom stereocenters. The van der Waals surface area contributed by atoms with E-state index in [0.29, 0.717) is 16.8 Å². The van der Waals surface area contributed by atoms with Crippen molar-refractivity contribution in [3.63, 3.8) is 0 Å². The molecule has 0 aromatic heterocycles. The zero-order valence-corrected chi connectivity index (χ0v) is 17.0. The summed E-state index contributed by atoms with van der Waals surface area (Å²) in [5.41, 5.74) is 1.51. The number of hydrogen-bond donors (Lipinski definition) is 2. The van der Waals surface area contributed by atoms with Crippen LogP contribution in [-0.2, 0) is 15.6 Å². The molecule has 0 aliphatic carbocycles. The van der Waals surface area contributed by atoms with Crippen molar-refractivity contribution in [1.82, 2.24) is 0 Å². The lowest BCUT2D eigenvalue weighted by Crippen LogP contribution is -2.61. The van der Waals surface area contributed by atoms with Crippen LogP contribution in [0.5, 0.6) is 5.75 Å². The summed E-state index contributed by atoms with van der Waals surface area (Å²) < 4.78 is 39.5. The quantitative estimate of drug-likeness (QED) is 0.571. The molecule has 1 aliphatic heterocycles. The van der Waals surface area contributed by atoms with E-state index in [2.05, 4.69) is 0 Å². The Morgan fingerprint density at radius 2 is 1.45 bits per heavy atom. The Kier molecular flexibility index (Phi) is 5.84. The van der Waals surface area contributed by atoms with E-state index in [4.69, 9.17) is 0 Å². The molecule has 1 heterocycles. The highest BCUT2D eigenvalue weighted by Crippen LogP contribution is 2.42. The van der Waals surface area contributed by atoms with E-state index >= 15 is 0 Å². The molecule has 5 nitrogen and oxygen atoms in total. The van der Waals surface area contributed by atoms with Crippen molar-refractivity contribution < 1.29 is 28.0 Å². The summed E-state index contributed by atoms with van der Waals surface area (Å²) in [5.74, 6) is -1.45. The first-order chi connectivity index (χ1) is 14.8. The minimum absolute atomic E-state index is 0.0483. The largest absolute Gasteiger partial charge is 0.508 e. The second-order valence-corrected chi connectivity index (χ2v) is 8.86. The van der Waals surface area contributed by atoms with E-state index in [1.807, 2.05) is 0 Å². The Morgan fingerprint density at radius 1 is 0.903 bits per heavy atom. The molecule has 4 rings (SSSR count). The van der Waals surface area contributed by atoms with Crippen molar-refractivity contribution in [2.75, 3.05) is 10.7 Å². The predicted octanol–water partition coefficient (Wildman–Crippen LogP) is 3.61. The Morgan fingerprint density at radius 3 is 2.03 bits per heavy atom. The van der Waals surface area contributed by atoms with Crippen LogP contribution in [0.2, 0.25) is 0 Å². The summed E-state index contributed by atoms with van der Waals surface area (Å²) in [4.78, 5) is 14.4. The monoisotopic (exact) mass is 443 g/mol. The summed E-state index contributed by atoms with van der Waals surface area (Å²) in [6.07, 6.45) is -1.13. The number of aromatic hydroxyl groups is 1. The van der Waals surface area contributed by atoms with Crippen molar-refractivity contribution in [1.29, 1.82) is 0 Å². The van der Waals surface area contributed by atoms with Crippen LogP contribution in [-0.4, -0.2) is 31.3 Å². The molecule has 8 heteroatoms. The first-order valence-corrected chi connectivity index (χ1v) is 10.9. The molecule has 2 N–H and O–H groups in total. The maximum Gasteiger partial charge on any atom is 0.245 e. The first kappa shape index (κ1) is 21.1. The maximum absolute atomic E-state index is 13.3. The minimum Gasteiger partial charge on any atom is -0.508 e. The lowest BCUT2D eigenvalue weighted by atomic mass is 9.92. The van der Waals surface area contributed by atoms with Crippen LogP contribution in [0.1, 0.15) is 23.3 Å². The lowest BCUT2D eigenvalue weighted by Gasteiger charge is -2.47. The van der Waals surface area contributed by atoms with Crippen molar-refractivity contribution in [3.8, 4) is 5.75 Å². The summed E-state index contributed by atoms with van der Waals surface area (Å²) in [5, 5.41) is 19.1. The molecule has 0 radical (unpaired) electrons. The number of aliphatic hydroxyl groups is 1. The molecule has 0 saturated carbocycles. The number of aliphatic hydroxyl groups excluding tert-OH is 1. The molecule has 160 valence electrons. The Hall–Kier alpha value is -3.10. The van der Waals surface area contributed by atoms with Gasteiger partial charge in [-0.1, -0.05) is 24.3 Å². The number of benzene rings is 3. The average Bonchev–Trinajstić information content (AvgIpc) is 2.74. The van der Waals surface area contributed by atoms with Crippen molar-refractivity contribution >= 4 is 22.4 Å². The van der Waals surface area contributed by atoms with Gasteiger partial charge in [-0.3, -0.25) is 9.00 Å². The van der Waals surface area contributed by atoms with Gasteiger partial charge in [0.2, 0.25) is 5.91 Å². The van der Waals surface area contributed by atoms with Crippen LogP contribution in [0.25, 0.3) is 0 Å². The smallest absolute Gasteiger partial charge is 0.245 e. The van der Waals surface area contributed by atoms with E-state index in [9.17, 15) is 28.0 Å².